The van der Waals surface area contributed by atoms with Crippen LogP contribution in [0.4, 0.5) is 0 Å². The quantitative estimate of drug-likeness (QED) is 0.178. The summed E-state index contributed by atoms with van der Waals surface area (Å²) in [6, 6.07) is 70.4. The van der Waals surface area contributed by atoms with Crippen molar-refractivity contribution in [1.29, 1.82) is 0 Å². The van der Waals surface area contributed by atoms with Gasteiger partial charge in [-0.1, -0.05) is 146 Å². The van der Waals surface area contributed by atoms with E-state index in [4.69, 9.17) is 0 Å². The number of hydrogen-bond acceptors (Lipinski definition) is 0. The molecule has 0 saturated heterocycles. The molecule has 0 aliphatic heterocycles. The van der Waals surface area contributed by atoms with Gasteiger partial charge in [0, 0.05) is 32.9 Å². The lowest BCUT2D eigenvalue weighted by Crippen LogP contribution is -1.96. The van der Waals surface area contributed by atoms with Crippen molar-refractivity contribution >= 4 is 43.6 Å². The first-order valence-electron chi connectivity index (χ1n) is 17.2. The molecule has 0 atom stereocenters. The van der Waals surface area contributed by atoms with Crippen molar-refractivity contribution in [1.82, 2.24) is 9.13 Å². The van der Waals surface area contributed by atoms with Gasteiger partial charge in [-0.25, -0.2) is 0 Å². The van der Waals surface area contributed by atoms with Gasteiger partial charge in [-0.3, -0.25) is 0 Å². The van der Waals surface area contributed by atoms with E-state index in [1.165, 1.54) is 82.7 Å². The van der Waals surface area contributed by atoms with Gasteiger partial charge in [-0.05, 0) is 81.9 Å². The Bertz CT molecular complexity index is 2780. The largest absolute Gasteiger partial charge is 0.309 e. The summed E-state index contributed by atoms with van der Waals surface area (Å²) in [5.74, 6) is 0. The third-order valence-electron chi connectivity index (χ3n) is 10.1. The third-order valence-corrected chi connectivity index (χ3v) is 10.1. The molecule has 0 N–H and O–H groups in total. The van der Waals surface area contributed by atoms with E-state index in [1.807, 2.05) is 0 Å². The average molecular weight is 637 g/mol. The summed E-state index contributed by atoms with van der Waals surface area (Å²) in [5, 5.41) is 4.99. The summed E-state index contributed by atoms with van der Waals surface area (Å²) in [7, 11) is 0. The van der Waals surface area contributed by atoms with Crippen LogP contribution in [-0.2, 0) is 0 Å². The van der Waals surface area contributed by atoms with Gasteiger partial charge in [0.05, 0.1) is 22.1 Å². The molecular formula is C48H32N2. The number of aromatic nitrogens is 2. The lowest BCUT2D eigenvalue weighted by molar-refractivity contribution is 1.17. The van der Waals surface area contributed by atoms with Crippen LogP contribution in [-0.4, -0.2) is 9.13 Å². The van der Waals surface area contributed by atoms with E-state index in [-0.39, 0.29) is 0 Å². The fourth-order valence-electron chi connectivity index (χ4n) is 8.02. The molecular weight excluding hydrogens is 605 g/mol. The van der Waals surface area contributed by atoms with Crippen molar-refractivity contribution in [2.45, 2.75) is 0 Å². The van der Waals surface area contributed by atoms with Crippen LogP contribution in [0, 0.1) is 0 Å². The molecule has 0 fully saturated rings. The van der Waals surface area contributed by atoms with Crippen LogP contribution in [0.15, 0.2) is 194 Å². The first kappa shape index (κ1) is 28.4. The highest BCUT2D eigenvalue weighted by Crippen LogP contribution is 2.46. The second-order valence-corrected chi connectivity index (χ2v) is 12.9. The number of rotatable bonds is 5. The Morgan fingerprint density at radius 3 is 1.44 bits per heavy atom. The summed E-state index contributed by atoms with van der Waals surface area (Å²) < 4.78 is 4.83. The molecule has 8 aromatic carbocycles. The van der Waals surface area contributed by atoms with Crippen LogP contribution in [0.1, 0.15) is 0 Å². The van der Waals surface area contributed by atoms with Gasteiger partial charge in [0.2, 0.25) is 0 Å². The Morgan fingerprint density at radius 2 is 0.760 bits per heavy atom. The molecule has 0 aliphatic carbocycles. The Morgan fingerprint density at radius 1 is 0.280 bits per heavy atom. The third kappa shape index (κ3) is 4.36. The van der Waals surface area contributed by atoms with Crippen molar-refractivity contribution in [3.63, 3.8) is 0 Å². The second-order valence-electron chi connectivity index (χ2n) is 12.9. The molecule has 0 amide bonds. The lowest BCUT2D eigenvalue weighted by atomic mass is 9.86. The molecule has 2 heteroatoms. The molecule has 2 nitrogen and oxygen atoms in total. The average Bonchev–Trinajstić information content (AvgIpc) is 3.71. The van der Waals surface area contributed by atoms with E-state index in [9.17, 15) is 0 Å². The highest BCUT2D eigenvalue weighted by atomic mass is 15.0. The maximum absolute atomic E-state index is 2.45. The Kier molecular flexibility index (Phi) is 6.53. The molecule has 0 aliphatic rings. The van der Waals surface area contributed by atoms with Crippen LogP contribution in [0.3, 0.4) is 0 Å². The van der Waals surface area contributed by atoms with Crippen molar-refractivity contribution in [2.75, 3.05) is 0 Å². The zero-order valence-electron chi connectivity index (χ0n) is 27.4. The highest BCUT2D eigenvalue weighted by molar-refractivity contribution is 6.18. The molecule has 0 unspecified atom stereocenters. The van der Waals surface area contributed by atoms with Gasteiger partial charge in [0.25, 0.3) is 0 Å². The van der Waals surface area contributed by atoms with Crippen molar-refractivity contribution in [3.05, 3.63) is 194 Å². The molecule has 10 rings (SSSR count). The molecule has 234 valence electrons. The van der Waals surface area contributed by atoms with E-state index in [2.05, 4.69) is 203 Å². The monoisotopic (exact) mass is 636 g/mol. The maximum atomic E-state index is 2.45. The van der Waals surface area contributed by atoms with Gasteiger partial charge in [-0.2, -0.15) is 0 Å². The number of benzene rings is 8. The Balaban J connectivity index is 1.28. The van der Waals surface area contributed by atoms with Crippen molar-refractivity contribution in [2.24, 2.45) is 0 Å². The van der Waals surface area contributed by atoms with E-state index in [0.29, 0.717) is 0 Å². The maximum Gasteiger partial charge on any atom is 0.0547 e. The van der Waals surface area contributed by atoms with Gasteiger partial charge >= 0.3 is 0 Å². The lowest BCUT2D eigenvalue weighted by Gasteiger charge is -2.18. The molecule has 2 heterocycles. The normalized spacial score (nSPS) is 11.6. The number of nitrogens with zero attached hydrogens (tertiary/aromatic N) is 2. The first-order chi connectivity index (χ1) is 24.8. The van der Waals surface area contributed by atoms with E-state index >= 15 is 0 Å². The topological polar surface area (TPSA) is 9.86 Å². The minimum absolute atomic E-state index is 1.15. The van der Waals surface area contributed by atoms with E-state index in [0.717, 1.165) is 5.69 Å². The predicted molar refractivity (Wildman–Crippen MR) is 211 cm³/mol. The van der Waals surface area contributed by atoms with Crippen molar-refractivity contribution in [3.8, 4) is 44.8 Å². The molecule has 0 bridgehead atoms. The summed E-state index contributed by atoms with van der Waals surface area (Å²) >= 11 is 0. The smallest absolute Gasteiger partial charge is 0.0547 e. The summed E-state index contributed by atoms with van der Waals surface area (Å²) in [6.07, 6.45) is 0. The Hall–Kier alpha value is -6.64. The van der Waals surface area contributed by atoms with Crippen LogP contribution in [0.25, 0.3) is 88.4 Å². The molecule has 0 radical (unpaired) electrons. The van der Waals surface area contributed by atoms with Gasteiger partial charge in [0.1, 0.15) is 0 Å². The van der Waals surface area contributed by atoms with Crippen LogP contribution in [0.2, 0.25) is 0 Å². The van der Waals surface area contributed by atoms with Crippen LogP contribution < -0.4 is 0 Å². The van der Waals surface area contributed by atoms with E-state index in [1.54, 1.807) is 0 Å². The summed E-state index contributed by atoms with van der Waals surface area (Å²) in [5.41, 5.74) is 14.5. The number of hydrogen-bond donors (Lipinski definition) is 0. The van der Waals surface area contributed by atoms with E-state index < -0.39 is 0 Å². The molecule has 0 saturated carbocycles. The first-order valence-corrected chi connectivity index (χ1v) is 17.2. The molecule has 0 spiro atoms. The number of fused-ring (bicyclic) bond motifs is 6. The van der Waals surface area contributed by atoms with Crippen LogP contribution in [0.5, 0.6) is 0 Å². The Labute approximate surface area is 290 Å². The fourth-order valence-corrected chi connectivity index (χ4v) is 8.02. The minimum Gasteiger partial charge on any atom is -0.309 e. The predicted octanol–water partition coefficient (Wildman–Crippen LogP) is 12.9. The molecule has 50 heavy (non-hydrogen) atoms. The minimum atomic E-state index is 1.15. The SMILES string of the molecule is c1ccc(-c2cccc(-c3ccccc3)c2-c2cccc3c2c2ccccc2n3-c2ccc3c(c2)c2ccccc2n3-c2ccccc2)cc1. The zero-order valence-corrected chi connectivity index (χ0v) is 27.4. The highest BCUT2D eigenvalue weighted by Gasteiger charge is 2.21. The molecule has 10 aromatic rings. The van der Waals surface area contributed by atoms with Crippen LogP contribution >= 0.6 is 0 Å². The van der Waals surface area contributed by atoms with Crippen molar-refractivity contribution < 1.29 is 0 Å². The fraction of sp³-hybridized carbons (Fsp3) is 0. The standard InChI is InChI=1S/C48H32N2/c1-4-16-33(17-5-1)37-24-14-25-38(34-18-6-2-7-19-34)47(37)41-26-15-29-46-48(41)40-23-11-13-28-44(40)50(46)36-30-31-45-42(32-36)39-22-10-12-27-43(39)49(45)35-20-8-3-9-21-35/h1-32H. The van der Waals surface area contributed by atoms with Gasteiger partial charge in [0.15, 0.2) is 0 Å². The van der Waals surface area contributed by atoms with Gasteiger partial charge in [-0.15, -0.1) is 0 Å². The van der Waals surface area contributed by atoms with Gasteiger partial charge < -0.3 is 9.13 Å². The summed E-state index contributed by atoms with van der Waals surface area (Å²) in [4.78, 5) is 0. The second kappa shape index (κ2) is 11.5. The molecule has 2 aromatic heterocycles. The number of para-hydroxylation sites is 3. The zero-order chi connectivity index (χ0) is 33.0. The summed E-state index contributed by atoms with van der Waals surface area (Å²) in [6.45, 7) is 0.